The Morgan fingerprint density at radius 3 is 2.68 bits per heavy atom. The number of carbonyl (C=O) groups excluding carboxylic acids is 1. The highest BCUT2D eigenvalue weighted by molar-refractivity contribution is 6.31. The third-order valence-corrected chi connectivity index (χ3v) is 5.65. The fraction of sp³-hybridized carbons (Fsp3) is 0.273. The first-order valence-corrected chi connectivity index (χ1v) is 10.2. The van der Waals surface area contributed by atoms with E-state index in [0.29, 0.717) is 22.3 Å². The Morgan fingerprint density at radius 1 is 0.964 bits per heavy atom. The maximum atomic E-state index is 12.8. The normalized spacial score (nSPS) is 15.6. The summed E-state index contributed by atoms with van der Waals surface area (Å²) in [4.78, 5) is 21.6. The van der Waals surface area contributed by atoms with Crippen molar-refractivity contribution in [1.82, 2.24) is 14.8 Å². The molecule has 0 aliphatic carbocycles. The van der Waals surface area contributed by atoms with E-state index < -0.39 is 0 Å². The number of halogens is 2. The third kappa shape index (κ3) is 4.30. The van der Waals surface area contributed by atoms with Crippen LogP contribution in [0.3, 0.4) is 0 Å². The molecule has 1 aliphatic rings. The highest BCUT2D eigenvalue weighted by atomic mass is 35.5. The van der Waals surface area contributed by atoms with Crippen molar-refractivity contribution in [3.63, 3.8) is 0 Å². The second kappa shape index (κ2) is 8.48. The van der Waals surface area contributed by atoms with Gasteiger partial charge in [0.2, 0.25) is 0 Å². The zero-order valence-electron chi connectivity index (χ0n) is 15.4. The molecule has 0 unspecified atom stereocenters. The van der Waals surface area contributed by atoms with Crippen molar-refractivity contribution in [2.45, 2.75) is 13.0 Å². The summed E-state index contributed by atoms with van der Waals surface area (Å²) in [5.74, 6) is 0.0368. The third-order valence-electron chi connectivity index (χ3n) is 5.09. The molecule has 2 heterocycles. The first kappa shape index (κ1) is 19.2. The van der Waals surface area contributed by atoms with Gasteiger partial charge in [0.05, 0.1) is 5.52 Å². The van der Waals surface area contributed by atoms with Crippen LogP contribution >= 0.6 is 23.2 Å². The van der Waals surface area contributed by atoms with Gasteiger partial charge in [-0.15, -0.1) is 0 Å². The maximum absolute atomic E-state index is 12.8. The van der Waals surface area contributed by atoms with Gasteiger partial charge in [0.1, 0.15) is 5.15 Å². The monoisotopic (exact) mass is 413 g/mol. The minimum absolute atomic E-state index is 0.0368. The summed E-state index contributed by atoms with van der Waals surface area (Å²) in [6.45, 7) is 3.88. The SMILES string of the molecule is O=C(c1cccc(Cl)c1)N1CCCN(Cc2cc3ccccc3nc2Cl)CC1. The molecule has 0 radical (unpaired) electrons. The maximum Gasteiger partial charge on any atom is 0.253 e. The van der Waals surface area contributed by atoms with Crippen LogP contribution in [-0.2, 0) is 6.54 Å². The molecule has 28 heavy (non-hydrogen) atoms. The molecule has 3 aromatic rings. The predicted molar refractivity (Wildman–Crippen MR) is 114 cm³/mol. The van der Waals surface area contributed by atoms with Gasteiger partial charge in [0.15, 0.2) is 0 Å². The summed E-state index contributed by atoms with van der Waals surface area (Å²) in [6, 6.07) is 17.2. The van der Waals surface area contributed by atoms with E-state index in [1.54, 1.807) is 12.1 Å². The molecular formula is C22H21Cl2N3O. The number of aromatic nitrogens is 1. The second-order valence-corrected chi connectivity index (χ2v) is 7.86. The Hall–Kier alpha value is -2.14. The molecule has 0 N–H and O–H groups in total. The second-order valence-electron chi connectivity index (χ2n) is 7.06. The minimum Gasteiger partial charge on any atom is -0.337 e. The van der Waals surface area contributed by atoms with E-state index in [-0.39, 0.29) is 5.91 Å². The van der Waals surface area contributed by atoms with Crippen LogP contribution in [0.15, 0.2) is 54.6 Å². The molecule has 1 amide bonds. The van der Waals surface area contributed by atoms with Crippen molar-refractivity contribution in [1.29, 1.82) is 0 Å². The van der Waals surface area contributed by atoms with Crippen LogP contribution in [-0.4, -0.2) is 46.9 Å². The summed E-state index contributed by atoms with van der Waals surface area (Å²) < 4.78 is 0. The zero-order valence-corrected chi connectivity index (χ0v) is 17.0. The molecule has 1 aliphatic heterocycles. The molecule has 4 nitrogen and oxygen atoms in total. The lowest BCUT2D eigenvalue weighted by molar-refractivity contribution is 0.0761. The highest BCUT2D eigenvalue weighted by Crippen LogP contribution is 2.22. The number of carbonyl (C=O) groups is 1. The van der Waals surface area contributed by atoms with Crippen molar-refractivity contribution in [2.75, 3.05) is 26.2 Å². The van der Waals surface area contributed by atoms with E-state index in [2.05, 4.69) is 22.0 Å². The quantitative estimate of drug-likeness (QED) is 0.573. The lowest BCUT2D eigenvalue weighted by Gasteiger charge is -2.22. The van der Waals surface area contributed by atoms with Gasteiger partial charge in [0, 0.05) is 54.3 Å². The molecule has 144 valence electrons. The van der Waals surface area contributed by atoms with E-state index in [1.165, 1.54) is 0 Å². The predicted octanol–water partition coefficient (Wildman–Crippen LogP) is 4.89. The van der Waals surface area contributed by atoms with Gasteiger partial charge in [-0.1, -0.05) is 47.5 Å². The summed E-state index contributed by atoms with van der Waals surface area (Å²) in [5.41, 5.74) is 2.57. The van der Waals surface area contributed by atoms with Crippen molar-refractivity contribution < 1.29 is 4.79 Å². The number of hydrogen-bond acceptors (Lipinski definition) is 3. The number of benzene rings is 2. The van der Waals surface area contributed by atoms with Crippen LogP contribution in [0.5, 0.6) is 0 Å². The van der Waals surface area contributed by atoms with Crippen molar-refractivity contribution in [2.24, 2.45) is 0 Å². The smallest absolute Gasteiger partial charge is 0.253 e. The average molecular weight is 414 g/mol. The van der Waals surface area contributed by atoms with Gasteiger partial charge in [-0.3, -0.25) is 9.69 Å². The molecule has 0 atom stereocenters. The molecule has 1 fully saturated rings. The first-order chi connectivity index (χ1) is 13.6. The summed E-state index contributed by atoms with van der Waals surface area (Å²) in [7, 11) is 0. The number of pyridine rings is 1. The van der Waals surface area contributed by atoms with Crippen LogP contribution in [0.4, 0.5) is 0 Å². The Balaban J connectivity index is 1.44. The average Bonchev–Trinajstić information content (AvgIpc) is 2.93. The molecule has 0 spiro atoms. The van der Waals surface area contributed by atoms with Crippen molar-refractivity contribution in [3.8, 4) is 0 Å². The van der Waals surface area contributed by atoms with Gasteiger partial charge in [-0.05, 0) is 36.8 Å². The van der Waals surface area contributed by atoms with Gasteiger partial charge in [-0.2, -0.15) is 0 Å². The van der Waals surface area contributed by atoms with Gasteiger partial charge >= 0.3 is 0 Å². The standard InChI is InChI=1S/C22H21Cl2N3O/c23-19-7-3-6-17(14-19)22(28)27-10-4-9-26(11-12-27)15-18-13-16-5-1-2-8-20(16)25-21(18)24/h1-3,5-8,13-14H,4,9-12,15H2. The largest absolute Gasteiger partial charge is 0.337 e. The Bertz CT molecular complexity index is 1010. The first-order valence-electron chi connectivity index (χ1n) is 9.41. The number of hydrogen-bond donors (Lipinski definition) is 0. The van der Waals surface area contributed by atoms with Gasteiger partial charge in [0.25, 0.3) is 5.91 Å². The number of nitrogens with zero attached hydrogens (tertiary/aromatic N) is 3. The lowest BCUT2D eigenvalue weighted by Crippen LogP contribution is -2.35. The number of rotatable bonds is 3. The van der Waals surface area contributed by atoms with Crippen LogP contribution in [0, 0.1) is 0 Å². The fourth-order valence-corrected chi connectivity index (χ4v) is 4.02. The fourth-order valence-electron chi connectivity index (χ4n) is 3.62. The Kier molecular flexibility index (Phi) is 5.81. The van der Waals surface area contributed by atoms with E-state index in [0.717, 1.165) is 49.1 Å². The number of fused-ring (bicyclic) bond motifs is 1. The molecule has 1 saturated heterocycles. The van der Waals surface area contributed by atoms with Crippen LogP contribution in [0.1, 0.15) is 22.3 Å². The van der Waals surface area contributed by atoms with E-state index in [9.17, 15) is 4.79 Å². The molecule has 6 heteroatoms. The summed E-state index contributed by atoms with van der Waals surface area (Å²) in [5, 5.41) is 2.23. The minimum atomic E-state index is 0.0368. The van der Waals surface area contributed by atoms with E-state index in [1.807, 2.05) is 35.2 Å². The van der Waals surface area contributed by atoms with Gasteiger partial charge < -0.3 is 4.90 Å². The van der Waals surface area contributed by atoms with Crippen molar-refractivity contribution >= 4 is 40.0 Å². The number of amides is 1. The van der Waals surface area contributed by atoms with Crippen LogP contribution in [0.2, 0.25) is 10.2 Å². The van der Waals surface area contributed by atoms with Crippen molar-refractivity contribution in [3.05, 3.63) is 75.9 Å². The Labute approximate surface area is 174 Å². The summed E-state index contributed by atoms with van der Waals surface area (Å²) >= 11 is 12.5. The van der Waals surface area contributed by atoms with Crippen LogP contribution < -0.4 is 0 Å². The molecule has 1 aromatic heterocycles. The highest BCUT2D eigenvalue weighted by Gasteiger charge is 2.21. The zero-order chi connectivity index (χ0) is 19.5. The van der Waals surface area contributed by atoms with E-state index >= 15 is 0 Å². The topological polar surface area (TPSA) is 36.4 Å². The molecule has 4 rings (SSSR count). The van der Waals surface area contributed by atoms with Gasteiger partial charge in [-0.25, -0.2) is 4.98 Å². The molecular weight excluding hydrogens is 393 g/mol. The molecule has 0 saturated carbocycles. The summed E-state index contributed by atoms with van der Waals surface area (Å²) in [6.07, 6.45) is 0.922. The lowest BCUT2D eigenvalue weighted by atomic mass is 10.1. The molecule has 2 aromatic carbocycles. The molecule has 0 bridgehead atoms. The Morgan fingerprint density at radius 2 is 1.82 bits per heavy atom. The van der Waals surface area contributed by atoms with E-state index in [4.69, 9.17) is 23.2 Å². The van der Waals surface area contributed by atoms with Crippen LogP contribution in [0.25, 0.3) is 10.9 Å². The number of para-hydroxylation sites is 1.